The van der Waals surface area contributed by atoms with Gasteiger partial charge in [-0.1, -0.05) is 17.3 Å². The Kier molecular flexibility index (Phi) is 3.75. The van der Waals surface area contributed by atoms with Crippen LogP contribution >= 0.6 is 0 Å². The summed E-state index contributed by atoms with van der Waals surface area (Å²) in [4.78, 5) is 11.4. The van der Waals surface area contributed by atoms with Crippen molar-refractivity contribution in [3.8, 4) is 0 Å². The Morgan fingerprint density at radius 3 is 2.83 bits per heavy atom. The van der Waals surface area contributed by atoms with E-state index < -0.39 is 0 Å². The average Bonchev–Trinajstić information content (AvgIpc) is 2.89. The van der Waals surface area contributed by atoms with Gasteiger partial charge in [0.15, 0.2) is 5.82 Å². The number of halogens is 1. The molecular formula is C11H10FN5O. The topological polar surface area (TPSA) is 83.6 Å². The van der Waals surface area contributed by atoms with Crippen LogP contribution in [0.4, 0.5) is 4.39 Å². The molecule has 0 unspecified atom stereocenters. The van der Waals surface area contributed by atoms with E-state index in [1.165, 1.54) is 18.2 Å². The third kappa shape index (κ3) is 3.48. The smallest absolute Gasteiger partial charge is 0.244 e. The van der Waals surface area contributed by atoms with Crippen LogP contribution in [0.25, 0.3) is 6.08 Å². The molecule has 0 saturated heterocycles. The molecule has 92 valence electrons. The molecule has 2 N–H and O–H groups in total. The first kappa shape index (κ1) is 11.9. The molecule has 0 saturated carbocycles. The van der Waals surface area contributed by atoms with Crippen molar-refractivity contribution in [2.75, 3.05) is 0 Å². The summed E-state index contributed by atoms with van der Waals surface area (Å²) in [6.45, 7) is 0.198. The summed E-state index contributed by atoms with van der Waals surface area (Å²) in [5.74, 6) is -0.198. The molecule has 2 aromatic rings. The van der Waals surface area contributed by atoms with Gasteiger partial charge in [-0.25, -0.2) is 4.39 Å². The summed E-state index contributed by atoms with van der Waals surface area (Å²) in [6, 6.07) is 5.82. The SMILES string of the molecule is O=C(C=Cc1ccc(F)cc1)NCc1nn[nH]n1. The first-order valence-corrected chi connectivity index (χ1v) is 5.18. The molecule has 6 nitrogen and oxygen atoms in total. The summed E-state index contributed by atoms with van der Waals surface area (Å²) >= 11 is 0. The number of hydrogen-bond acceptors (Lipinski definition) is 4. The van der Waals surface area contributed by atoms with Gasteiger partial charge in [0, 0.05) is 6.08 Å². The molecule has 0 aliphatic rings. The van der Waals surface area contributed by atoms with E-state index >= 15 is 0 Å². The second-order valence-electron chi connectivity index (χ2n) is 3.43. The number of carbonyl (C=O) groups excluding carboxylic acids is 1. The molecule has 18 heavy (non-hydrogen) atoms. The maximum absolute atomic E-state index is 12.6. The molecular weight excluding hydrogens is 237 g/mol. The Morgan fingerprint density at radius 2 is 2.17 bits per heavy atom. The van der Waals surface area contributed by atoms with E-state index in [1.54, 1.807) is 18.2 Å². The lowest BCUT2D eigenvalue weighted by Gasteiger charge is -1.97. The number of aromatic nitrogens is 4. The number of carbonyl (C=O) groups is 1. The fraction of sp³-hybridized carbons (Fsp3) is 0.0909. The lowest BCUT2D eigenvalue weighted by atomic mass is 10.2. The van der Waals surface area contributed by atoms with E-state index in [-0.39, 0.29) is 18.3 Å². The second-order valence-corrected chi connectivity index (χ2v) is 3.43. The molecule has 1 aromatic heterocycles. The van der Waals surface area contributed by atoms with Crippen molar-refractivity contribution in [1.29, 1.82) is 0 Å². The number of rotatable bonds is 4. The van der Waals surface area contributed by atoms with Gasteiger partial charge < -0.3 is 5.32 Å². The Balaban J connectivity index is 1.85. The van der Waals surface area contributed by atoms with Crippen molar-refractivity contribution in [1.82, 2.24) is 25.9 Å². The van der Waals surface area contributed by atoms with Crippen LogP contribution in [0, 0.1) is 5.82 Å². The minimum atomic E-state index is -0.311. The van der Waals surface area contributed by atoms with Crippen LogP contribution in [0.5, 0.6) is 0 Å². The Morgan fingerprint density at radius 1 is 1.39 bits per heavy atom. The first-order chi connectivity index (χ1) is 8.74. The highest BCUT2D eigenvalue weighted by atomic mass is 19.1. The fourth-order valence-electron chi connectivity index (χ4n) is 1.23. The molecule has 1 heterocycles. The molecule has 0 aliphatic heterocycles. The summed E-state index contributed by atoms with van der Waals surface area (Å²) < 4.78 is 12.6. The Hall–Kier alpha value is -2.57. The largest absolute Gasteiger partial charge is 0.345 e. The molecule has 0 spiro atoms. The average molecular weight is 247 g/mol. The predicted octanol–water partition coefficient (Wildman–Crippen LogP) is 0.668. The summed E-state index contributed by atoms with van der Waals surface area (Å²) in [6.07, 6.45) is 2.94. The van der Waals surface area contributed by atoms with Crippen LogP contribution < -0.4 is 5.32 Å². The van der Waals surface area contributed by atoms with Gasteiger partial charge in [-0.2, -0.15) is 5.21 Å². The molecule has 0 atom stereocenters. The zero-order valence-electron chi connectivity index (χ0n) is 9.30. The zero-order valence-corrected chi connectivity index (χ0v) is 9.30. The molecule has 0 bridgehead atoms. The third-order valence-corrected chi connectivity index (χ3v) is 2.11. The normalized spacial score (nSPS) is 10.7. The first-order valence-electron chi connectivity index (χ1n) is 5.18. The molecule has 7 heteroatoms. The minimum absolute atomic E-state index is 0.198. The van der Waals surface area contributed by atoms with Gasteiger partial charge in [0.1, 0.15) is 5.82 Å². The summed E-state index contributed by atoms with van der Waals surface area (Å²) in [5.41, 5.74) is 0.742. The highest BCUT2D eigenvalue weighted by molar-refractivity contribution is 5.91. The van der Waals surface area contributed by atoms with Crippen LogP contribution in [0.15, 0.2) is 30.3 Å². The van der Waals surface area contributed by atoms with Crippen molar-refractivity contribution < 1.29 is 9.18 Å². The monoisotopic (exact) mass is 247 g/mol. The zero-order chi connectivity index (χ0) is 12.8. The highest BCUT2D eigenvalue weighted by Crippen LogP contribution is 2.04. The van der Waals surface area contributed by atoms with Crippen LogP contribution in [-0.4, -0.2) is 26.5 Å². The lowest BCUT2D eigenvalue weighted by Crippen LogP contribution is -2.20. The van der Waals surface area contributed by atoms with Gasteiger partial charge >= 0.3 is 0 Å². The van der Waals surface area contributed by atoms with Crippen LogP contribution in [-0.2, 0) is 11.3 Å². The maximum atomic E-state index is 12.6. The van der Waals surface area contributed by atoms with Gasteiger partial charge in [0.25, 0.3) is 0 Å². The second kappa shape index (κ2) is 5.67. The fourth-order valence-corrected chi connectivity index (χ4v) is 1.23. The van der Waals surface area contributed by atoms with Crippen molar-refractivity contribution >= 4 is 12.0 Å². The van der Waals surface area contributed by atoms with Crippen molar-refractivity contribution in [3.05, 3.63) is 47.5 Å². The molecule has 2 rings (SSSR count). The van der Waals surface area contributed by atoms with E-state index in [0.29, 0.717) is 5.82 Å². The number of hydrogen-bond donors (Lipinski definition) is 2. The number of nitrogens with one attached hydrogen (secondary N) is 2. The number of benzene rings is 1. The predicted molar refractivity (Wildman–Crippen MR) is 61.5 cm³/mol. The number of tetrazole rings is 1. The van der Waals surface area contributed by atoms with Crippen molar-refractivity contribution in [3.63, 3.8) is 0 Å². The molecule has 1 amide bonds. The number of aromatic amines is 1. The summed E-state index contributed by atoms with van der Waals surface area (Å²) in [7, 11) is 0. The Bertz CT molecular complexity index is 535. The van der Waals surface area contributed by atoms with Gasteiger partial charge in [-0.15, -0.1) is 10.2 Å². The number of nitrogens with zero attached hydrogens (tertiary/aromatic N) is 3. The van der Waals surface area contributed by atoms with Gasteiger partial charge in [-0.05, 0) is 23.8 Å². The third-order valence-electron chi connectivity index (χ3n) is 2.11. The van der Waals surface area contributed by atoms with Crippen molar-refractivity contribution in [2.45, 2.75) is 6.54 Å². The van der Waals surface area contributed by atoms with Crippen LogP contribution in [0.3, 0.4) is 0 Å². The highest BCUT2D eigenvalue weighted by Gasteiger charge is 1.99. The maximum Gasteiger partial charge on any atom is 0.244 e. The molecule has 1 aromatic carbocycles. The van der Waals surface area contributed by atoms with E-state index in [2.05, 4.69) is 25.9 Å². The quantitative estimate of drug-likeness (QED) is 0.778. The number of amides is 1. The van der Waals surface area contributed by atoms with Gasteiger partial charge in [-0.3, -0.25) is 4.79 Å². The molecule has 0 fully saturated rings. The van der Waals surface area contributed by atoms with Crippen LogP contribution in [0.1, 0.15) is 11.4 Å². The van der Waals surface area contributed by atoms with E-state index in [4.69, 9.17) is 0 Å². The minimum Gasteiger partial charge on any atom is -0.345 e. The standard InChI is InChI=1S/C11H10FN5O/c12-9-4-1-8(2-5-9)3-6-11(18)13-7-10-14-16-17-15-10/h1-6H,7H2,(H,13,18)(H,14,15,16,17). The van der Waals surface area contributed by atoms with Gasteiger partial charge in [0.2, 0.25) is 5.91 Å². The number of H-pyrrole nitrogens is 1. The summed E-state index contributed by atoms with van der Waals surface area (Å²) in [5, 5.41) is 15.6. The van der Waals surface area contributed by atoms with E-state index in [1.807, 2.05) is 0 Å². The van der Waals surface area contributed by atoms with Gasteiger partial charge in [0.05, 0.1) is 6.54 Å². The molecule has 0 aliphatic carbocycles. The van der Waals surface area contributed by atoms with Crippen LogP contribution in [0.2, 0.25) is 0 Å². The Labute approximate surface area is 102 Å². The van der Waals surface area contributed by atoms with E-state index in [9.17, 15) is 9.18 Å². The van der Waals surface area contributed by atoms with E-state index in [0.717, 1.165) is 5.56 Å². The van der Waals surface area contributed by atoms with Crippen molar-refractivity contribution in [2.24, 2.45) is 0 Å². The molecule has 0 radical (unpaired) electrons. The lowest BCUT2D eigenvalue weighted by molar-refractivity contribution is -0.116.